The van der Waals surface area contributed by atoms with Crippen LogP contribution in [-0.4, -0.2) is 41.1 Å². The van der Waals surface area contributed by atoms with Crippen molar-refractivity contribution in [3.05, 3.63) is 58.9 Å². The molecule has 4 rings (SSSR count). The molecule has 2 aromatic carbocycles. The molecule has 1 unspecified atom stereocenters. The number of carbonyl (C=O) groups is 1. The third-order valence-corrected chi connectivity index (χ3v) is 5.67. The number of anilines is 1. The van der Waals surface area contributed by atoms with E-state index in [0.29, 0.717) is 41.3 Å². The molecule has 1 N–H and O–H groups in total. The Morgan fingerprint density at radius 1 is 1.29 bits per heavy atom. The van der Waals surface area contributed by atoms with Crippen molar-refractivity contribution in [3.8, 4) is 17.1 Å². The van der Waals surface area contributed by atoms with E-state index in [9.17, 15) is 4.79 Å². The molecule has 3 aromatic rings. The lowest BCUT2D eigenvalue weighted by atomic mass is 9.97. The lowest BCUT2D eigenvalue weighted by molar-refractivity contribution is -0.121. The number of aryl methyl sites for hydroxylation is 1. The largest absolute Gasteiger partial charge is 0.495 e. The number of likely N-dealkylation sites (tertiary alicyclic amines) is 1. The van der Waals surface area contributed by atoms with Gasteiger partial charge >= 0.3 is 0 Å². The first-order valence-electron chi connectivity index (χ1n) is 10.3. The van der Waals surface area contributed by atoms with Crippen LogP contribution in [-0.2, 0) is 11.3 Å². The molecule has 0 spiro atoms. The molecule has 1 saturated heterocycles. The van der Waals surface area contributed by atoms with Gasteiger partial charge in [0.25, 0.3) is 0 Å². The van der Waals surface area contributed by atoms with E-state index in [-0.39, 0.29) is 11.8 Å². The summed E-state index contributed by atoms with van der Waals surface area (Å²) in [6.45, 7) is 4.06. The second kappa shape index (κ2) is 9.49. The van der Waals surface area contributed by atoms with Crippen molar-refractivity contribution in [1.82, 2.24) is 15.0 Å². The number of halogens is 1. The van der Waals surface area contributed by atoms with Crippen LogP contribution in [0.25, 0.3) is 11.4 Å². The maximum Gasteiger partial charge on any atom is 0.241 e. The number of hydrogen-bond acceptors (Lipinski definition) is 6. The zero-order valence-corrected chi connectivity index (χ0v) is 18.4. The van der Waals surface area contributed by atoms with Crippen LogP contribution >= 0.6 is 11.6 Å². The molecular formula is C23H25ClN4O3. The molecule has 0 saturated carbocycles. The van der Waals surface area contributed by atoms with Gasteiger partial charge in [-0.25, -0.2) is 0 Å². The Kier molecular flexibility index (Phi) is 6.53. The Hall–Kier alpha value is -2.90. The van der Waals surface area contributed by atoms with Crippen LogP contribution in [0.15, 0.2) is 47.0 Å². The molecule has 7 nitrogen and oxygen atoms in total. The normalized spacial score (nSPS) is 16.8. The summed E-state index contributed by atoms with van der Waals surface area (Å²) in [5.41, 5.74) is 2.68. The van der Waals surface area contributed by atoms with E-state index in [0.717, 1.165) is 24.9 Å². The molecule has 1 aliphatic heterocycles. The SMILES string of the molecule is COc1ccc(Cl)cc1NC(=O)C1CCCN(Cc2nc(-c3ccc(C)cc3)no2)C1. The Balaban J connectivity index is 1.38. The summed E-state index contributed by atoms with van der Waals surface area (Å²) in [6, 6.07) is 13.2. The summed E-state index contributed by atoms with van der Waals surface area (Å²) < 4.78 is 10.8. The number of rotatable bonds is 6. The molecule has 0 bridgehead atoms. The Labute approximate surface area is 186 Å². The molecule has 1 aromatic heterocycles. The van der Waals surface area contributed by atoms with Crippen LogP contribution in [0.1, 0.15) is 24.3 Å². The van der Waals surface area contributed by atoms with E-state index < -0.39 is 0 Å². The fourth-order valence-electron chi connectivity index (χ4n) is 3.76. The molecule has 162 valence electrons. The van der Waals surface area contributed by atoms with Gasteiger partial charge in [0.15, 0.2) is 0 Å². The van der Waals surface area contributed by atoms with Gasteiger partial charge in [-0.1, -0.05) is 46.6 Å². The molecule has 0 aliphatic carbocycles. The average Bonchev–Trinajstić information content (AvgIpc) is 3.23. The molecule has 1 aliphatic rings. The highest BCUT2D eigenvalue weighted by Crippen LogP contribution is 2.29. The predicted octanol–water partition coefficient (Wildman–Crippen LogP) is 4.56. The Bertz CT molecular complexity index is 1050. The van der Waals surface area contributed by atoms with Crippen LogP contribution in [0, 0.1) is 12.8 Å². The highest BCUT2D eigenvalue weighted by Gasteiger charge is 2.27. The van der Waals surface area contributed by atoms with Gasteiger partial charge in [0.2, 0.25) is 17.6 Å². The summed E-state index contributed by atoms with van der Waals surface area (Å²) in [5.74, 6) is 1.52. The lowest BCUT2D eigenvalue weighted by Gasteiger charge is -2.31. The van der Waals surface area contributed by atoms with Gasteiger partial charge in [-0.05, 0) is 44.5 Å². The number of nitrogens with one attached hydrogen (secondary N) is 1. The zero-order valence-electron chi connectivity index (χ0n) is 17.6. The number of ether oxygens (including phenoxy) is 1. The van der Waals surface area contributed by atoms with Crippen molar-refractivity contribution in [3.63, 3.8) is 0 Å². The number of methoxy groups -OCH3 is 1. The van der Waals surface area contributed by atoms with Crippen molar-refractivity contribution in [1.29, 1.82) is 0 Å². The molecule has 8 heteroatoms. The summed E-state index contributed by atoms with van der Waals surface area (Å²) in [5, 5.41) is 7.60. The monoisotopic (exact) mass is 440 g/mol. The highest BCUT2D eigenvalue weighted by molar-refractivity contribution is 6.31. The van der Waals surface area contributed by atoms with E-state index in [4.69, 9.17) is 20.9 Å². The number of carbonyl (C=O) groups excluding carboxylic acids is 1. The highest BCUT2D eigenvalue weighted by atomic mass is 35.5. The van der Waals surface area contributed by atoms with Gasteiger partial charge < -0.3 is 14.6 Å². The summed E-state index contributed by atoms with van der Waals surface area (Å²) >= 11 is 6.07. The maximum atomic E-state index is 12.9. The van der Waals surface area contributed by atoms with Gasteiger partial charge in [0, 0.05) is 17.1 Å². The second-order valence-corrected chi connectivity index (χ2v) is 8.22. The van der Waals surface area contributed by atoms with E-state index in [1.165, 1.54) is 5.56 Å². The van der Waals surface area contributed by atoms with Crippen molar-refractivity contribution in [2.45, 2.75) is 26.3 Å². The lowest BCUT2D eigenvalue weighted by Crippen LogP contribution is -2.40. The topological polar surface area (TPSA) is 80.5 Å². The van der Waals surface area contributed by atoms with Crippen LogP contribution in [0.2, 0.25) is 5.02 Å². The maximum absolute atomic E-state index is 12.9. The first-order chi connectivity index (χ1) is 15.0. The fraction of sp³-hybridized carbons (Fsp3) is 0.348. The number of amides is 1. The van der Waals surface area contributed by atoms with Gasteiger partial charge in [-0.15, -0.1) is 0 Å². The third kappa shape index (κ3) is 5.24. The van der Waals surface area contributed by atoms with Crippen LogP contribution in [0.5, 0.6) is 5.75 Å². The van der Waals surface area contributed by atoms with Crippen molar-refractivity contribution < 1.29 is 14.1 Å². The van der Waals surface area contributed by atoms with E-state index in [1.54, 1.807) is 25.3 Å². The molecular weight excluding hydrogens is 416 g/mol. The van der Waals surface area contributed by atoms with E-state index >= 15 is 0 Å². The van der Waals surface area contributed by atoms with Crippen molar-refractivity contribution >= 4 is 23.2 Å². The summed E-state index contributed by atoms with van der Waals surface area (Å²) in [4.78, 5) is 19.6. The van der Waals surface area contributed by atoms with Gasteiger partial charge in [0.1, 0.15) is 5.75 Å². The second-order valence-electron chi connectivity index (χ2n) is 7.79. The van der Waals surface area contributed by atoms with Gasteiger partial charge in [-0.3, -0.25) is 9.69 Å². The fourth-order valence-corrected chi connectivity index (χ4v) is 3.93. The smallest absolute Gasteiger partial charge is 0.241 e. The van der Waals surface area contributed by atoms with E-state index in [1.807, 2.05) is 31.2 Å². The minimum Gasteiger partial charge on any atom is -0.495 e. The number of nitrogens with zero attached hydrogens (tertiary/aromatic N) is 3. The molecule has 1 fully saturated rings. The Morgan fingerprint density at radius 3 is 2.87 bits per heavy atom. The number of aromatic nitrogens is 2. The summed E-state index contributed by atoms with van der Waals surface area (Å²) in [6.07, 6.45) is 1.74. The minimum atomic E-state index is -0.142. The Morgan fingerprint density at radius 2 is 2.10 bits per heavy atom. The quantitative estimate of drug-likeness (QED) is 0.605. The van der Waals surface area contributed by atoms with Crippen molar-refractivity contribution in [2.75, 3.05) is 25.5 Å². The standard InChI is InChI=1S/C23H25ClN4O3/c1-15-5-7-16(8-6-15)22-26-21(31-27-22)14-28-11-3-4-17(13-28)23(29)25-19-12-18(24)9-10-20(19)30-2/h5-10,12,17H,3-4,11,13-14H2,1-2H3,(H,25,29). The van der Waals surface area contributed by atoms with Gasteiger partial charge in [0.05, 0.1) is 25.3 Å². The number of benzene rings is 2. The average molecular weight is 441 g/mol. The van der Waals surface area contributed by atoms with Crippen LogP contribution < -0.4 is 10.1 Å². The third-order valence-electron chi connectivity index (χ3n) is 5.43. The van der Waals surface area contributed by atoms with Gasteiger partial charge in [-0.2, -0.15) is 4.98 Å². The molecule has 1 amide bonds. The molecule has 2 heterocycles. The first kappa shape index (κ1) is 21.3. The molecule has 31 heavy (non-hydrogen) atoms. The molecule has 0 radical (unpaired) electrons. The number of piperidine rings is 1. The predicted molar refractivity (Wildman–Crippen MR) is 119 cm³/mol. The number of hydrogen-bond donors (Lipinski definition) is 1. The molecule has 1 atom stereocenters. The van der Waals surface area contributed by atoms with Crippen LogP contribution in [0.4, 0.5) is 5.69 Å². The van der Waals surface area contributed by atoms with Crippen LogP contribution in [0.3, 0.4) is 0 Å². The first-order valence-corrected chi connectivity index (χ1v) is 10.7. The van der Waals surface area contributed by atoms with E-state index in [2.05, 4.69) is 20.4 Å². The zero-order chi connectivity index (χ0) is 21.8. The van der Waals surface area contributed by atoms with Crippen molar-refractivity contribution in [2.24, 2.45) is 5.92 Å². The summed E-state index contributed by atoms with van der Waals surface area (Å²) in [7, 11) is 1.57. The minimum absolute atomic E-state index is 0.0452.